The van der Waals surface area contributed by atoms with Crippen molar-refractivity contribution in [1.82, 2.24) is 14.5 Å². The topological polar surface area (TPSA) is 88.6 Å². The van der Waals surface area contributed by atoms with Gasteiger partial charge in [-0.2, -0.15) is 5.26 Å². The minimum Gasteiger partial charge on any atom is -0.284 e. The number of carbonyl (C=O) groups excluding carboxylic acids is 1. The molecule has 0 N–H and O–H groups in total. The molecule has 0 aliphatic rings. The molecule has 4 aromatic rings. The van der Waals surface area contributed by atoms with Crippen molar-refractivity contribution >= 4 is 51.4 Å². The molecule has 0 radical (unpaired) electrons. The van der Waals surface area contributed by atoms with Crippen LogP contribution >= 0.6 is 22.9 Å². The molecule has 2 aromatic heterocycles. The molecule has 6 nitrogen and oxygen atoms in total. The molecule has 8 heteroatoms. The Morgan fingerprint density at radius 1 is 1.17 bits per heavy atom. The Balaban J connectivity index is 1.92. The summed E-state index contributed by atoms with van der Waals surface area (Å²) in [5, 5.41) is 11.7. The summed E-state index contributed by atoms with van der Waals surface area (Å²) in [6.07, 6.45) is 4.42. The van der Waals surface area contributed by atoms with Crippen LogP contribution < -0.4 is 5.56 Å². The van der Waals surface area contributed by atoms with Crippen LogP contribution in [0.4, 0.5) is 0 Å². The zero-order chi connectivity index (χ0) is 20.4. The number of rotatable bonds is 4. The van der Waals surface area contributed by atoms with Crippen molar-refractivity contribution in [2.24, 2.45) is 0 Å². The maximum absolute atomic E-state index is 13.1. The fraction of sp³-hybridized carbons (Fsp3) is 0. The van der Waals surface area contributed by atoms with Crippen LogP contribution in [0.15, 0.2) is 65.2 Å². The third-order valence-electron chi connectivity index (χ3n) is 4.18. The Kier molecular flexibility index (Phi) is 5.04. The highest BCUT2D eigenvalue weighted by Crippen LogP contribution is 2.20. The fourth-order valence-electron chi connectivity index (χ4n) is 2.77. The second-order valence-corrected chi connectivity index (χ2v) is 7.34. The van der Waals surface area contributed by atoms with Gasteiger partial charge in [-0.1, -0.05) is 23.7 Å². The van der Waals surface area contributed by atoms with Gasteiger partial charge in [-0.25, -0.2) is 9.97 Å². The van der Waals surface area contributed by atoms with E-state index in [0.29, 0.717) is 27.1 Å². The quantitative estimate of drug-likeness (QED) is 0.365. The molecule has 2 aromatic carbocycles. The zero-order valence-corrected chi connectivity index (χ0v) is 16.3. The molecule has 0 amide bonds. The van der Waals surface area contributed by atoms with Gasteiger partial charge in [0, 0.05) is 16.6 Å². The predicted octanol–water partition coefficient (Wildman–Crippen LogP) is 4.26. The molecule has 29 heavy (non-hydrogen) atoms. The first-order chi connectivity index (χ1) is 14.1. The molecule has 0 aliphatic heterocycles. The molecule has 0 spiro atoms. The van der Waals surface area contributed by atoms with Gasteiger partial charge in [-0.3, -0.25) is 14.2 Å². The van der Waals surface area contributed by atoms with Crippen LogP contribution in [0.5, 0.6) is 0 Å². The van der Waals surface area contributed by atoms with Crippen molar-refractivity contribution in [3.05, 3.63) is 91.9 Å². The second kappa shape index (κ2) is 7.80. The van der Waals surface area contributed by atoms with Crippen LogP contribution in [0.25, 0.3) is 22.7 Å². The molecule has 0 fully saturated rings. The standard InChI is InChI=1S/C21H11ClN4O2S/c22-15-5-6-16-17(10-15)25-12-26(21(16)28)18(19(27)20-24-7-8-29-20)9-13-1-3-14(11-23)4-2-13/h1-10,12H/b18-9-. The van der Waals surface area contributed by atoms with E-state index < -0.39 is 11.3 Å². The average Bonchev–Trinajstić information content (AvgIpc) is 3.27. The smallest absolute Gasteiger partial charge is 0.265 e. The molecule has 0 saturated heterocycles. The normalized spacial score (nSPS) is 11.4. The highest BCUT2D eigenvalue weighted by Gasteiger charge is 2.19. The van der Waals surface area contributed by atoms with Crippen molar-refractivity contribution < 1.29 is 4.79 Å². The lowest BCUT2D eigenvalue weighted by molar-refractivity contribution is 0.105. The van der Waals surface area contributed by atoms with E-state index in [1.807, 2.05) is 6.07 Å². The lowest BCUT2D eigenvalue weighted by atomic mass is 10.1. The third kappa shape index (κ3) is 3.72. The van der Waals surface area contributed by atoms with Gasteiger partial charge in [0.25, 0.3) is 5.56 Å². The summed E-state index contributed by atoms with van der Waals surface area (Å²) in [4.78, 5) is 34.5. The van der Waals surface area contributed by atoms with Crippen LogP contribution in [0.2, 0.25) is 5.02 Å². The van der Waals surface area contributed by atoms with E-state index in [1.54, 1.807) is 53.9 Å². The van der Waals surface area contributed by atoms with Gasteiger partial charge in [-0.05, 0) is 42.0 Å². The van der Waals surface area contributed by atoms with E-state index in [0.717, 1.165) is 0 Å². The minimum atomic E-state index is -0.401. The first-order valence-corrected chi connectivity index (χ1v) is 9.66. The molecule has 0 saturated carbocycles. The molecule has 2 heterocycles. The number of thiazole rings is 1. The second-order valence-electron chi connectivity index (χ2n) is 6.01. The Morgan fingerprint density at radius 2 is 1.97 bits per heavy atom. The van der Waals surface area contributed by atoms with Gasteiger partial charge in [0.2, 0.25) is 5.78 Å². The van der Waals surface area contributed by atoms with E-state index in [1.165, 1.54) is 28.4 Å². The zero-order valence-electron chi connectivity index (χ0n) is 14.7. The molecular formula is C21H11ClN4O2S. The van der Waals surface area contributed by atoms with E-state index in [9.17, 15) is 9.59 Å². The molecule has 140 valence electrons. The van der Waals surface area contributed by atoms with Crippen molar-refractivity contribution in [3.8, 4) is 6.07 Å². The van der Waals surface area contributed by atoms with Crippen LogP contribution in [-0.4, -0.2) is 20.3 Å². The van der Waals surface area contributed by atoms with E-state index in [2.05, 4.69) is 9.97 Å². The Morgan fingerprint density at radius 3 is 2.66 bits per heavy atom. The van der Waals surface area contributed by atoms with E-state index in [-0.39, 0.29) is 10.7 Å². The summed E-state index contributed by atoms with van der Waals surface area (Å²) in [7, 11) is 0. The molecule has 0 atom stereocenters. The number of ketones is 1. The third-order valence-corrected chi connectivity index (χ3v) is 5.19. The van der Waals surface area contributed by atoms with Gasteiger partial charge in [0.15, 0.2) is 5.01 Å². The fourth-order valence-corrected chi connectivity index (χ4v) is 3.52. The van der Waals surface area contributed by atoms with Crippen LogP contribution in [0.3, 0.4) is 0 Å². The number of nitrogens with zero attached hydrogens (tertiary/aromatic N) is 4. The van der Waals surface area contributed by atoms with Crippen molar-refractivity contribution in [1.29, 1.82) is 5.26 Å². The van der Waals surface area contributed by atoms with Crippen molar-refractivity contribution in [3.63, 3.8) is 0 Å². The number of hydrogen-bond acceptors (Lipinski definition) is 6. The van der Waals surface area contributed by atoms with Gasteiger partial charge in [0.05, 0.1) is 22.5 Å². The van der Waals surface area contributed by atoms with Crippen LogP contribution in [-0.2, 0) is 0 Å². The first kappa shape index (κ1) is 18.7. The first-order valence-electron chi connectivity index (χ1n) is 8.40. The maximum Gasteiger partial charge on any atom is 0.265 e. The van der Waals surface area contributed by atoms with Crippen LogP contribution in [0.1, 0.15) is 20.9 Å². The van der Waals surface area contributed by atoms with Gasteiger partial charge < -0.3 is 0 Å². The monoisotopic (exact) mass is 418 g/mol. The highest BCUT2D eigenvalue weighted by atomic mass is 35.5. The summed E-state index contributed by atoms with van der Waals surface area (Å²) in [6, 6.07) is 13.5. The summed E-state index contributed by atoms with van der Waals surface area (Å²) in [5.74, 6) is -0.401. The number of fused-ring (bicyclic) bond motifs is 1. The summed E-state index contributed by atoms with van der Waals surface area (Å²) in [5.41, 5.74) is 1.32. The van der Waals surface area contributed by atoms with Crippen molar-refractivity contribution in [2.45, 2.75) is 0 Å². The summed E-state index contributed by atoms with van der Waals surface area (Å²) < 4.78 is 1.21. The number of hydrogen-bond donors (Lipinski definition) is 0. The average molecular weight is 419 g/mol. The molecular weight excluding hydrogens is 408 g/mol. The number of nitriles is 1. The summed E-state index contributed by atoms with van der Waals surface area (Å²) in [6.45, 7) is 0. The minimum absolute atomic E-state index is 0.110. The lowest BCUT2D eigenvalue weighted by Gasteiger charge is -2.10. The predicted molar refractivity (Wildman–Crippen MR) is 113 cm³/mol. The van der Waals surface area contributed by atoms with Gasteiger partial charge >= 0.3 is 0 Å². The number of halogens is 1. The summed E-state index contributed by atoms with van der Waals surface area (Å²) >= 11 is 7.16. The van der Waals surface area contributed by atoms with E-state index >= 15 is 0 Å². The highest BCUT2D eigenvalue weighted by molar-refractivity contribution is 7.12. The molecule has 4 rings (SSSR count). The lowest BCUT2D eigenvalue weighted by Crippen LogP contribution is -2.23. The largest absolute Gasteiger partial charge is 0.284 e. The number of carbonyl (C=O) groups is 1. The van der Waals surface area contributed by atoms with E-state index in [4.69, 9.17) is 16.9 Å². The number of allylic oxidation sites excluding steroid dienone is 1. The molecule has 0 unspecified atom stereocenters. The maximum atomic E-state index is 13.1. The SMILES string of the molecule is N#Cc1ccc(/C=C(/C(=O)c2nccs2)n2cnc3cc(Cl)ccc3c2=O)cc1. The molecule has 0 bridgehead atoms. The number of aromatic nitrogens is 3. The number of Topliss-reactive ketones (excluding diaryl/α,β-unsaturated/α-hetero) is 1. The Hall–Kier alpha value is -3.60. The van der Waals surface area contributed by atoms with Crippen LogP contribution in [0, 0.1) is 11.3 Å². The molecule has 0 aliphatic carbocycles. The van der Waals surface area contributed by atoms with Gasteiger partial charge in [-0.15, -0.1) is 11.3 Å². The van der Waals surface area contributed by atoms with Crippen molar-refractivity contribution in [2.75, 3.05) is 0 Å². The van der Waals surface area contributed by atoms with Gasteiger partial charge in [0.1, 0.15) is 12.0 Å². The Bertz CT molecular complexity index is 1350. The number of benzene rings is 2. The Labute approximate surface area is 174 Å².